The number of carbonyl (C=O) groups is 1. The Balaban J connectivity index is 2.16. The summed E-state index contributed by atoms with van der Waals surface area (Å²) < 4.78 is 90.1. The molecule has 3 aromatic rings. The molecular formula is C21H14F4O5S. The van der Waals surface area contributed by atoms with Gasteiger partial charge in [-0.25, -0.2) is 4.79 Å². The largest absolute Gasteiger partial charge is 0.443 e. The van der Waals surface area contributed by atoms with E-state index < -0.39 is 33.0 Å². The molecule has 3 rings (SSSR count). The van der Waals surface area contributed by atoms with Crippen molar-refractivity contribution in [3.8, 4) is 28.0 Å². The lowest BCUT2D eigenvalue weighted by Crippen LogP contribution is -2.53. The SMILES string of the molecule is O=C(Oc1c(-c2ccccc2)cccc1-c1ccccc1)C(F)(F)C(F)(F)S(=O)(=O)O. The fraction of sp³-hybridized carbons (Fsp3) is 0.0952. The summed E-state index contributed by atoms with van der Waals surface area (Å²) in [5, 5.41) is -6.09. The van der Waals surface area contributed by atoms with Gasteiger partial charge in [-0.2, -0.15) is 26.0 Å². The van der Waals surface area contributed by atoms with Gasteiger partial charge in [0, 0.05) is 11.1 Å². The van der Waals surface area contributed by atoms with Crippen LogP contribution in [0.25, 0.3) is 22.3 Å². The maximum absolute atomic E-state index is 14.1. The molecule has 0 saturated heterocycles. The Bertz CT molecular complexity index is 1140. The predicted molar refractivity (Wildman–Crippen MR) is 104 cm³/mol. The monoisotopic (exact) mass is 454 g/mol. The van der Waals surface area contributed by atoms with Crippen molar-refractivity contribution in [1.82, 2.24) is 0 Å². The second-order valence-electron chi connectivity index (χ2n) is 6.37. The molecule has 0 atom stereocenters. The number of benzene rings is 3. The van der Waals surface area contributed by atoms with Crippen LogP contribution in [-0.2, 0) is 14.9 Å². The molecule has 0 saturated carbocycles. The fourth-order valence-corrected chi connectivity index (χ4v) is 3.18. The molecule has 10 heteroatoms. The molecule has 162 valence electrons. The van der Waals surface area contributed by atoms with Crippen molar-refractivity contribution in [1.29, 1.82) is 0 Å². The third-order valence-corrected chi connectivity index (χ3v) is 5.23. The van der Waals surface area contributed by atoms with E-state index in [-0.39, 0.29) is 11.1 Å². The summed E-state index contributed by atoms with van der Waals surface area (Å²) in [7, 11) is -6.61. The Morgan fingerprint density at radius 1 is 0.742 bits per heavy atom. The highest BCUT2D eigenvalue weighted by Crippen LogP contribution is 2.43. The maximum Gasteiger partial charge on any atom is 0.443 e. The lowest BCUT2D eigenvalue weighted by Gasteiger charge is -2.23. The number of carbonyl (C=O) groups excluding carboxylic acids is 1. The first-order valence-corrected chi connectivity index (χ1v) is 10.1. The van der Waals surface area contributed by atoms with Crippen molar-refractivity contribution in [2.75, 3.05) is 0 Å². The molecule has 0 fully saturated rings. The van der Waals surface area contributed by atoms with Crippen molar-refractivity contribution < 1.29 is 40.1 Å². The summed E-state index contributed by atoms with van der Waals surface area (Å²) in [6.45, 7) is 0. The highest BCUT2D eigenvalue weighted by Gasteiger charge is 2.71. The third-order valence-electron chi connectivity index (χ3n) is 4.33. The van der Waals surface area contributed by atoms with Crippen molar-refractivity contribution in [3.05, 3.63) is 78.9 Å². The minimum Gasteiger partial charge on any atom is -0.421 e. The first-order valence-electron chi connectivity index (χ1n) is 8.65. The van der Waals surface area contributed by atoms with Gasteiger partial charge >= 0.3 is 27.3 Å². The Labute approximate surface area is 174 Å². The normalized spacial score (nSPS) is 12.4. The molecule has 0 heterocycles. The molecule has 0 aliphatic heterocycles. The van der Waals surface area contributed by atoms with Crippen molar-refractivity contribution in [2.45, 2.75) is 11.2 Å². The lowest BCUT2D eigenvalue weighted by molar-refractivity contribution is -0.196. The van der Waals surface area contributed by atoms with Gasteiger partial charge in [-0.3, -0.25) is 4.55 Å². The predicted octanol–water partition coefficient (Wildman–Crippen LogP) is 5.04. The maximum atomic E-state index is 14.1. The van der Waals surface area contributed by atoms with Crippen molar-refractivity contribution >= 4 is 16.1 Å². The number of para-hydroxylation sites is 1. The van der Waals surface area contributed by atoms with Crippen molar-refractivity contribution in [3.63, 3.8) is 0 Å². The zero-order chi connectivity index (χ0) is 22.9. The van der Waals surface area contributed by atoms with Gasteiger partial charge in [0.1, 0.15) is 5.75 Å². The number of hydrogen-bond acceptors (Lipinski definition) is 4. The first-order chi connectivity index (χ1) is 14.5. The zero-order valence-electron chi connectivity index (χ0n) is 15.5. The van der Waals surface area contributed by atoms with Crippen LogP contribution in [0.3, 0.4) is 0 Å². The molecule has 0 amide bonds. The van der Waals surface area contributed by atoms with Gasteiger partial charge in [-0.05, 0) is 11.1 Å². The number of hydrogen-bond donors (Lipinski definition) is 1. The van der Waals surface area contributed by atoms with E-state index in [1.807, 2.05) is 0 Å². The van der Waals surface area contributed by atoms with E-state index >= 15 is 0 Å². The first kappa shape index (κ1) is 22.4. The van der Waals surface area contributed by atoms with Gasteiger partial charge in [0.2, 0.25) is 0 Å². The number of alkyl halides is 4. The van der Waals surface area contributed by atoms with Gasteiger partial charge < -0.3 is 4.74 Å². The minimum absolute atomic E-state index is 0.126. The van der Waals surface area contributed by atoms with Gasteiger partial charge in [0.05, 0.1) is 0 Å². The van der Waals surface area contributed by atoms with Crippen LogP contribution in [0.1, 0.15) is 0 Å². The molecule has 0 spiro atoms. The quantitative estimate of drug-likeness (QED) is 0.244. The third kappa shape index (κ3) is 4.17. The van der Waals surface area contributed by atoms with Gasteiger partial charge in [-0.15, -0.1) is 0 Å². The van der Waals surface area contributed by atoms with Crippen LogP contribution < -0.4 is 4.74 Å². The van der Waals surface area contributed by atoms with Crippen molar-refractivity contribution in [2.24, 2.45) is 0 Å². The summed E-state index contributed by atoms with van der Waals surface area (Å²) in [6.07, 6.45) is 0. The van der Waals surface area contributed by atoms with Crippen LogP contribution in [0.5, 0.6) is 5.75 Å². The number of ether oxygens (including phenoxy) is 1. The molecule has 0 aromatic heterocycles. The molecule has 0 aliphatic rings. The van der Waals surface area contributed by atoms with Crippen LogP contribution in [-0.4, -0.2) is 30.1 Å². The lowest BCUT2D eigenvalue weighted by atomic mass is 9.97. The summed E-state index contributed by atoms with van der Waals surface area (Å²) >= 11 is 0. The smallest absolute Gasteiger partial charge is 0.421 e. The molecule has 0 radical (unpaired) electrons. The topological polar surface area (TPSA) is 80.7 Å². The molecule has 1 N–H and O–H groups in total. The molecule has 3 aromatic carbocycles. The average Bonchev–Trinajstić information content (AvgIpc) is 2.74. The second kappa shape index (κ2) is 8.12. The van der Waals surface area contributed by atoms with E-state index in [0.717, 1.165) is 0 Å². The van der Waals surface area contributed by atoms with E-state index in [1.54, 1.807) is 66.7 Å². The highest BCUT2D eigenvalue weighted by atomic mass is 32.2. The summed E-state index contributed by atoms with van der Waals surface area (Å²) in [6, 6.07) is 20.5. The van der Waals surface area contributed by atoms with E-state index in [0.29, 0.717) is 11.1 Å². The van der Waals surface area contributed by atoms with Crippen LogP contribution in [0.2, 0.25) is 0 Å². The Hall–Kier alpha value is -3.24. The molecule has 0 aliphatic carbocycles. The summed E-state index contributed by atoms with van der Waals surface area (Å²) in [4.78, 5) is 12.1. The molecule has 31 heavy (non-hydrogen) atoms. The number of halogens is 4. The summed E-state index contributed by atoms with van der Waals surface area (Å²) in [5.41, 5.74) is 1.10. The van der Waals surface area contributed by atoms with E-state index in [2.05, 4.69) is 4.74 Å². The molecule has 5 nitrogen and oxygen atoms in total. The number of esters is 1. The molecular weight excluding hydrogens is 440 g/mol. The minimum atomic E-state index is -6.61. The van der Waals surface area contributed by atoms with Gasteiger partial charge in [-0.1, -0.05) is 78.9 Å². The van der Waals surface area contributed by atoms with Crippen LogP contribution >= 0.6 is 0 Å². The van der Waals surface area contributed by atoms with Crippen LogP contribution in [0, 0.1) is 0 Å². The fourth-order valence-electron chi connectivity index (χ4n) is 2.77. The molecule has 0 bridgehead atoms. The van der Waals surface area contributed by atoms with Gasteiger partial charge in [0.15, 0.2) is 0 Å². The van der Waals surface area contributed by atoms with Crippen LogP contribution in [0.15, 0.2) is 78.9 Å². The van der Waals surface area contributed by atoms with E-state index in [1.165, 1.54) is 12.1 Å². The Kier molecular flexibility index (Phi) is 5.88. The highest BCUT2D eigenvalue weighted by molar-refractivity contribution is 7.87. The van der Waals surface area contributed by atoms with E-state index in [4.69, 9.17) is 4.55 Å². The second-order valence-corrected chi connectivity index (χ2v) is 7.83. The van der Waals surface area contributed by atoms with Crippen LogP contribution in [0.4, 0.5) is 17.6 Å². The summed E-state index contributed by atoms with van der Waals surface area (Å²) in [5.74, 6) is -9.18. The number of rotatable bonds is 6. The standard InChI is InChI=1S/C21H14F4O5S/c22-20(23,21(24,25)31(27,28)29)19(26)30-18-16(14-8-3-1-4-9-14)12-7-13-17(18)15-10-5-2-6-11-15/h1-13H,(H,27,28,29). The average molecular weight is 454 g/mol. The Morgan fingerprint density at radius 3 is 1.55 bits per heavy atom. The van der Waals surface area contributed by atoms with E-state index in [9.17, 15) is 30.8 Å². The van der Waals surface area contributed by atoms with Gasteiger partial charge in [0.25, 0.3) is 0 Å². The Morgan fingerprint density at radius 2 is 1.16 bits per heavy atom. The zero-order valence-corrected chi connectivity index (χ0v) is 16.3. The molecule has 0 unspecified atom stereocenters.